The molecule has 9 nitrogen and oxygen atoms in total. The van der Waals surface area contributed by atoms with Gasteiger partial charge in [0.15, 0.2) is 17.8 Å². The van der Waals surface area contributed by atoms with Crippen LogP contribution in [0.1, 0.15) is 5.56 Å². The minimum Gasteiger partial charge on any atom is -0.502 e. The van der Waals surface area contributed by atoms with E-state index in [-0.39, 0.29) is 23.9 Å². The molecule has 5 N–H and O–H groups in total. The molecular formula is C16H24O9. The molecule has 0 saturated carbocycles. The van der Waals surface area contributed by atoms with Gasteiger partial charge in [-0.25, -0.2) is 0 Å². The monoisotopic (exact) mass is 360 g/mol. The Morgan fingerprint density at radius 1 is 1.00 bits per heavy atom. The number of ether oxygens (including phenoxy) is 4. The van der Waals surface area contributed by atoms with E-state index in [2.05, 4.69) is 0 Å². The van der Waals surface area contributed by atoms with Crippen molar-refractivity contribution in [3.8, 4) is 17.2 Å². The third-order valence-corrected chi connectivity index (χ3v) is 4.06. The summed E-state index contributed by atoms with van der Waals surface area (Å²) in [6, 6.07) is 3.24. The second-order valence-corrected chi connectivity index (χ2v) is 5.67. The minimum absolute atomic E-state index is 0.108. The number of methoxy groups -OCH3 is 2. The molecule has 0 amide bonds. The Balaban J connectivity index is 1.98. The first kappa shape index (κ1) is 19.7. The van der Waals surface area contributed by atoms with Crippen molar-refractivity contribution in [2.45, 2.75) is 37.1 Å². The van der Waals surface area contributed by atoms with Gasteiger partial charge in [-0.15, -0.1) is 0 Å². The van der Waals surface area contributed by atoms with Crippen LogP contribution in [0.15, 0.2) is 12.1 Å². The maximum absolute atomic E-state index is 9.90. The molecule has 1 fully saturated rings. The molecule has 0 radical (unpaired) electrons. The lowest BCUT2D eigenvalue weighted by atomic mass is 9.99. The standard InChI is InChI=1S/C16H24O9/c1-22-9-5-8(6-10(23-2)12(9)18)3-4-24-16-15(21)14(20)13(19)11(7-17)25-16/h5-6,11,13-21H,3-4,7H2,1-2H3/t11-,13+,14+,15-,16-/m1/s1. The van der Waals surface area contributed by atoms with Crippen LogP contribution in [0.25, 0.3) is 0 Å². The summed E-state index contributed by atoms with van der Waals surface area (Å²) in [7, 11) is 2.84. The van der Waals surface area contributed by atoms with E-state index >= 15 is 0 Å². The van der Waals surface area contributed by atoms with Crippen molar-refractivity contribution < 1.29 is 44.5 Å². The Morgan fingerprint density at radius 2 is 1.60 bits per heavy atom. The topological polar surface area (TPSA) is 138 Å². The van der Waals surface area contributed by atoms with Gasteiger partial charge in [0, 0.05) is 0 Å². The van der Waals surface area contributed by atoms with Crippen LogP contribution in [0.5, 0.6) is 17.2 Å². The fourth-order valence-electron chi connectivity index (χ4n) is 2.59. The van der Waals surface area contributed by atoms with Gasteiger partial charge in [-0.3, -0.25) is 0 Å². The molecule has 2 rings (SSSR count). The van der Waals surface area contributed by atoms with E-state index in [0.29, 0.717) is 6.42 Å². The van der Waals surface area contributed by atoms with E-state index in [0.717, 1.165) is 5.56 Å². The number of aromatic hydroxyl groups is 1. The Hall–Kier alpha value is -1.62. The Labute approximate surface area is 145 Å². The highest BCUT2D eigenvalue weighted by Crippen LogP contribution is 2.37. The van der Waals surface area contributed by atoms with Gasteiger partial charge in [-0.1, -0.05) is 0 Å². The number of aliphatic hydroxyl groups excluding tert-OH is 4. The predicted molar refractivity (Wildman–Crippen MR) is 84.6 cm³/mol. The molecule has 1 aromatic carbocycles. The number of benzene rings is 1. The first-order chi connectivity index (χ1) is 11.9. The molecule has 5 atom stereocenters. The van der Waals surface area contributed by atoms with E-state index < -0.39 is 37.3 Å². The lowest BCUT2D eigenvalue weighted by Crippen LogP contribution is -2.59. The van der Waals surface area contributed by atoms with Crippen molar-refractivity contribution in [3.05, 3.63) is 17.7 Å². The van der Waals surface area contributed by atoms with Crippen molar-refractivity contribution in [1.82, 2.24) is 0 Å². The third-order valence-electron chi connectivity index (χ3n) is 4.06. The molecule has 1 heterocycles. The number of hydrogen-bond donors (Lipinski definition) is 5. The average Bonchev–Trinajstić information content (AvgIpc) is 2.62. The summed E-state index contributed by atoms with van der Waals surface area (Å²) in [5.41, 5.74) is 0.746. The first-order valence-electron chi connectivity index (χ1n) is 7.78. The summed E-state index contributed by atoms with van der Waals surface area (Å²) in [4.78, 5) is 0. The Bertz CT molecular complexity index is 538. The van der Waals surface area contributed by atoms with Crippen LogP contribution in [-0.4, -0.2) is 83.7 Å². The molecule has 0 aromatic heterocycles. The van der Waals surface area contributed by atoms with Gasteiger partial charge in [0.05, 0.1) is 27.4 Å². The van der Waals surface area contributed by atoms with Crippen LogP contribution in [0, 0.1) is 0 Å². The fraction of sp³-hybridized carbons (Fsp3) is 0.625. The molecule has 142 valence electrons. The minimum atomic E-state index is -1.48. The second kappa shape index (κ2) is 8.65. The van der Waals surface area contributed by atoms with Crippen LogP contribution in [-0.2, 0) is 15.9 Å². The highest BCUT2D eigenvalue weighted by atomic mass is 16.7. The lowest BCUT2D eigenvalue weighted by molar-refractivity contribution is -0.300. The van der Waals surface area contributed by atoms with Crippen molar-refractivity contribution in [3.63, 3.8) is 0 Å². The zero-order chi connectivity index (χ0) is 18.6. The average molecular weight is 360 g/mol. The molecule has 25 heavy (non-hydrogen) atoms. The quantitative estimate of drug-likeness (QED) is 0.404. The molecule has 1 aliphatic rings. The Morgan fingerprint density at radius 3 is 2.12 bits per heavy atom. The smallest absolute Gasteiger partial charge is 0.200 e. The first-order valence-corrected chi connectivity index (χ1v) is 7.78. The molecule has 0 unspecified atom stereocenters. The summed E-state index contributed by atoms with van der Waals surface area (Å²) in [5.74, 6) is 0.396. The van der Waals surface area contributed by atoms with Crippen LogP contribution in [0.3, 0.4) is 0 Å². The zero-order valence-corrected chi connectivity index (χ0v) is 14.0. The summed E-state index contributed by atoms with van der Waals surface area (Å²) in [5, 5.41) is 48.4. The van der Waals surface area contributed by atoms with Gasteiger partial charge in [0.1, 0.15) is 24.4 Å². The van der Waals surface area contributed by atoms with Crippen LogP contribution >= 0.6 is 0 Å². The molecule has 1 aliphatic heterocycles. The number of phenolic OH excluding ortho intramolecular Hbond substituents is 1. The van der Waals surface area contributed by atoms with Gasteiger partial charge >= 0.3 is 0 Å². The van der Waals surface area contributed by atoms with Crippen molar-refractivity contribution >= 4 is 0 Å². The predicted octanol–water partition coefficient (Wildman–Crippen LogP) is -1.23. The van der Waals surface area contributed by atoms with Gasteiger partial charge in [-0.2, -0.15) is 0 Å². The summed E-state index contributed by atoms with van der Waals surface area (Å²) in [6.45, 7) is -0.406. The van der Waals surface area contributed by atoms with E-state index in [1.807, 2.05) is 0 Å². The number of hydrogen-bond acceptors (Lipinski definition) is 9. The van der Waals surface area contributed by atoms with Crippen molar-refractivity contribution in [2.24, 2.45) is 0 Å². The molecular weight excluding hydrogens is 336 g/mol. The maximum Gasteiger partial charge on any atom is 0.200 e. The van der Waals surface area contributed by atoms with E-state index in [1.165, 1.54) is 14.2 Å². The lowest BCUT2D eigenvalue weighted by Gasteiger charge is -2.39. The highest BCUT2D eigenvalue weighted by molar-refractivity contribution is 5.52. The normalized spacial score (nSPS) is 29.4. The van der Waals surface area contributed by atoms with Crippen molar-refractivity contribution in [2.75, 3.05) is 27.4 Å². The summed E-state index contributed by atoms with van der Waals surface area (Å²) < 4.78 is 20.8. The fourth-order valence-corrected chi connectivity index (χ4v) is 2.59. The summed E-state index contributed by atoms with van der Waals surface area (Å²) in [6.07, 6.45) is -6.17. The number of rotatable bonds is 7. The molecule has 0 aliphatic carbocycles. The van der Waals surface area contributed by atoms with Gasteiger partial charge in [0.25, 0.3) is 0 Å². The van der Waals surface area contributed by atoms with Crippen LogP contribution < -0.4 is 9.47 Å². The number of phenols is 1. The largest absolute Gasteiger partial charge is 0.502 e. The Kier molecular flexibility index (Phi) is 6.82. The highest BCUT2D eigenvalue weighted by Gasteiger charge is 2.43. The molecule has 1 aromatic rings. The second-order valence-electron chi connectivity index (χ2n) is 5.67. The maximum atomic E-state index is 9.90. The van der Waals surface area contributed by atoms with Crippen LogP contribution in [0.4, 0.5) is 0 Å². The zero-order valence-electron chi connectivity index (χ0n) is 14.0. The van der Waals surface area contributed by atoms with Crippen molar-refractivity contribution in [1.29, 1.82) is 0 Å². The van der Waals surface area contributed by atoms with Crippen LogP contribution in [0.2, 0.25) is 0 Å². The molecule has 1 saturated heterocycles. The van der Waals surface area contributed by atoms with E-state index in [1.54, 1.807) is 12.1 Å². The SMILES string of the molecule is COc1cc(CCO[C@@H]2O[C@H](CO)[C@H](O)[C@H](O)[C@H]2O)cc(OC)c1O. The molecule has 0 bridgehead atoms. The third kappa shape index (κ3) is 4.32. The van der Waals surface area contributed by atoms with E-state index in [9.17, 15) is 20.4 Å². The van der Waals surface area contributed by atoms with Gasteiger partial charge in [0.2, 0.25) is 5.75 Å². The van der Waals surface area contributed by atoms with E-state index in [4.69, 9.17) is 24.1 Å². The van der Waals surface area contributed by atoms with Gasteiger partial charge < -0.3 is 44.5 Å². The molecule has 9 heteroatoms. The summed E-state index contributed by atoms with van der Waals surface area (Å²) >= 11 is 0. The molecule has 0 spiro atoms. The number of aliphatic hydroxyl groups is 4. The van der Waals surface area contributed by atoms with Gasteiger partial charge in [-0.05, 0) is 24.1 Å².